The number of aromatic nitrogens is 1. The maximum absolute atomic E-state index is 11.0. The van der Waals surface area contributed by atoms with Crippen molar-refractivity contribution in [3.8, 4) is 0 Å². The molecule has 3 nitrogen and oxygen atoms in total. The lowest BCUT2D eigenvalue weighted by atomic mass is 10.00. The van der Waals surface area contributed by atoms with Crippen LogP contribution in [-0.2, 0) is 11.3 Å². The van der Waals surface area contributed by atoms with Crippen LogP contribution in [0.4, 0.5) is 0 Å². The minimum absolute atomic E-state index is 0.454. The molecule has 0 aliphatic heterocycles. The van der Waals surface area contributed by atoms with Crippen LogP contribution in [0.5, 0.6) is 0 Å². The number of carboxylic acid groups (broad SMARTS) is 1. The fourth-order valence-corrected chi connectivity index (χ4v) is 2.26. The highest BCUT2D eigenvalue weighted by Gasteiger charge is 2.14. The van der Waals surface area contributed by atoms with E-state index in [0.717, 1.165) is 17.5 Å². The second kappa shape index (κ2) is 4.24. The molecule has 1 aromatic carbocycles. The summed E-state index contributed by atoms with van der Waals surface area (Å²) in [5.41, 5.74) is 3.24. The smallest absolute Gasteiger partial charge is 0.310 e. The molecule has 0 amide bonds. The van der Waals surface area contributed by atoms with Crippen LogP contribution in [-0.4, -0.2) is 15.6 Å². The number of aryl methyl sites for hydroxylation is 2. The molecule has 1 heterocycles. The molecule has 1 atom stereocenters. The lowest BCUT2D eigenvalue weighted by Crippen LogP contribution is -2.07. The van der Waals surface area contributed by atoms with Gasteiger partial charge in [0.2, 0.25) is 0 Å². The molecule has 0 saturated heterocycles. The maximum Gasteiger partial charge on any atom is 0.310 e. The molecule has 0 fully saturated rings. The van der Waals surface area contributed by atoms with Gasteiger partial charge in [-0.05, 0) is 44.5 Å². The monoisotopic (exact) mass is 231 g/mol. The Hall–Kier alpha value is -1.77. The molecule has 1 aromatic heterocycles. The first-order chi connectivity index (χ1) is 8.04. The van der Waals surface area contributed by atoms with Crippen LogP contribution in [0.3, 0.4) is 0 Å². The Morgan fingerprint density at radius 2 is 2.12 bits per heavy atom. The Balaban J connectivity index is 2.56. The zero-order chi connectivity index (χ0) is 12.6. The number of carboxylic acids is 1. The molecule has 0 radical (unpaired) electrons. The maximum atomic E-state index is 11.0. The van der Waals surface area contributed by atoms with Gasteiger partial charge < -0.3 is 9.67 Å². The van der Waals surface area contributed by atoms with Gasteiger partial charge in [-0.1, -0.05) is 6.07 Å². The molecule has 0 bridgehead atoms. The van der Waals surface area contributed by atoms with E-state index in [1.54, 1.807) is 6.92 Å². The SMILES string of the molecule is CCn1c(C)cc2cc(C(C)C(=O)O)ccc21. The highest BCUT2D eigenvalue weighted by atomic mass is 16.4. The van der Waals surface area contributed by atoms with Crippen molar-refractivity contribution < 1.29 is 9.90 Å². The Morgan fingerprint density at radius 1 is 1.41 bits per heavy atom. The van der Waals surface area contributed by atoms with Gasteiger partial charge in [0.05, 0.1) is 5.92 Å². The third kappa shape index (κ3) is 1.93. The minimum atomic E-state index is -0.781. The molecular formula is C14H17NO2. The summed E-state index contributed by atoms with van der Waals surface area (Å²) in [4.78, 5) is 11.0. The molecule has 0 saturated carbocycles. The molecule has 0 spiro atoms. The molecule has 3 heteroatoms. The first-order valence-corrected chi connectivity index (χ1v) is 5.87. The molecule has 17 heavy (non-hydrogen) atoms. The zero-order valence-corrected chi connectivity index (χ0v) is 10.4. The largest absolute Gasteiger partial charge is 0.481 e. The predicted octanol–water partition coefficient (Wildman–Crippen LogP) is 3.16. The van der Waals surface area contributed by atoms with Gasteiger partial charge in [0.1, 0.15) is 0 Å². The van der Waals surface area contributed by atoms with Gasteiger partial charge in [0, 0.05) is 23.1 Å². The van der Waals surface area contributed by atoms with Crippen LogP contribution >= 0.6 is 0 Å². The van der Waals surface area contributed by atoms with Crippen LogP contribution in [0.25, 0.3) is 10.9 Å². The van der Waals surface area contributed by atoms with Gasteiger partial charge in [-0.3, -0.25) is 4.79 Å². The number of nitrogens with zero attached hydrogens (tertiary/aromatic N) is 1. The molecule has 0 aliphatic rings. The van der Waals surface area contributed by atoms with E-state index in [2.05, 4.69) is 24.5 Å². The average molecular weight is 231 g/mol. The number of carbonyl (C=O) groups is 1. The third-order valence-electron chi connectivity index (χ3n) is 3.32. The number of fused-ring (bicyclic) bond motifs is 1. The second-order valence-electron chi connectivity index (χ2n) is 4.41. The summed E-state index contributed by atoms with van der Waals surface area (Å²) >= 11 is 0. The van der Waals surface area contributed by atoms with Gasteiger partial charge in [-0.25, -0.2) is 0 Å². The van der Waals surface area contributed by atoms with Crippen LogP contribution in [0.1, 0.15) is 31.0 Å². The van der Waals surface area contributed by atoms with Crippen molar-refractivity contribution in [3.05, 3.63) is 35.5 Å². The molecular weight excluding hydrogens is 214 g/mol. The number of hydrogen-bond donors (Lipinski definition) is 1. The Bertz CT molecular complexity index is 569. The number of hydrogen-bond acceptors (Lipinski definition) is 1. The predicted molar refractivity (Wildman–Crippen MR) is 68.4 cm³/mol. The fourth-order valence-electron chi connectivity index (χ4n) is 2.26. The summed E-state index contributed by atoms with van der Waals surface area (Å²) < 4.78 is 2.23. The van der Waals surface area contributed by atoms with Gasteiger partial charge in [-0.2, -0.15) is 0 Å². The summed E-state index contributed by atoms with van der Waals surface area (Å²) in [5.74, 6) is -1.24. The van der Waals surface area contributed by atoms with Crippen molar-refractivity contribution in [3.63, 3.8) is 0 Å². The lowest BCUT2D eigenvalue weighted by molar-refractivity contribution is -0.138. The Kier molecular flexibility index (Phi) is 2.92. The van der Waals surface area contributed by atoms with Gasteiger partial charge in [-0.15, -0.1) is 0 Å². The number of benzene rings is 1. The van der Waals surface area contributed by atoms with Crippen molar-refractivity contribution >= 4 is 16.9 Å². The summed E-state index contributed by atoms with van der Waals surface area (Å²) in [6.07, 6.45) is 0. The van der Waals surface area contributed by atoms with E-state index < -0.39 is 11.9 Å². The van der Waals surface area contributed by atoms with E-state index >= 15 is 0 Å². The van der Waals surface area contributed by atoms with E-state index in [1.807, 2.05) is 18.2 Å². The van der Waals surface area contributed by atoms with Crippen molar-refractivity contribution in [2.24, 2.45) is 0 Å². The Morgan fingerprint density at radius 3 is 2.71 bits per heavy atom. The van der Waals surface area contributed by atoms with E-state index in [1.165, 1.54) is 11.2 Å². The average Bonchev–Trinajstić information content (AvgIpc) is 2.61. The number of aliphatic carboxylic acids is 1. The molecule has 2 rings (SSSR count). The van der Waals surface area contributed by atoms with Crippen LogP contribution in [0.2, 0.25) is 0 Å². The van der Waals surface area contributed by atoms with E-state index in [9.17, 15) is 4.79 Å². The quantitative estimate of drug-likeness (QED) is 0.881. The third-order valence-corrected chi connectivity index (χ3v) is 3.32. The number of rotatable bonds is 3. The standard InChI is InChI=1S/C14H17NO2/c1-4-15-9(2)7-12-8-11(5-6-13(12)15)10(3)14(16)17/h5-8,10H,4H2,1-3H3,(H,16,17). The van der Waals surface area contributed by atoms with Gasteiger partial charge in [0.15, 0.2) is 0 Å². The van der Waals surface area contributed by atoms with Gasteiger partial charge in [0.25, 0.3) is 0 Å². The summed E-state index contributed by atoms with van der Waals surface area (Å²) in [6.45, 7) is 6.83. The minimum Gasteiger partial charge on any atom is -0.481 e. The van der Waals surface area contributed by atoms with E-state index in [-0.39, 0.29) is 0 Å². The first-order valence-electron chi connectivity index (χ1n) is 5.87. The van der Waals surface area contributed by atoms with Gasteiger partial charge >= 0.3 is 5.97 Å². The normalized spacial score (nSPS) is 12.9. The molecule has 90 valence electrons. The molecule has 1 N–H and O–H groups in total. The van der Waals surface area contributed by atoms with Crippen LogP contribution in [0.15, 0.2) is 24.3 Å². The van der Waals surface area contributed by atoms with E-state index in [0.29, 0.717) is 0 Å². The summed E-state index contributed by atoms with van der Waals surface area (Å²) in [7, 11) is 0. The Labute approximate surface area is 101 Å². The van der Waals surface area contributed by atoms with Crippen molar-refractivity contribution in [1.29, 1.82) is 0 Å². The van der Waals surface area contributed by atoms with Crippen molar-refractivity contribution in [2.75, 3.05) is 0 Å². The van der Waals surface area contributed by atoms with E-state index in [4.69, 9.17) is 5.11 Å². The highest BCUT2D eigenvalue weighted by molar-refractivity contribution is 5.84. The lowest BCUT2D eigenvalue weighted by Gasteiger charge is -2.08. The summed E-state index contributed by atoms with van der Waals surface area (Å²) in [6, 6.07) is 8.01. The topological polar surface area (TPSA) is 42.2 Å². The first kappa shape index (κ1) is 11.7. The van der Waals surface area contributed by atoms with Crippen LogP contribution < -0.4 is 0 Å². The van der Waals surface area contributed by atoms with Crippen molar-refractivity contribution in [2.45, 2.75) is 33.2 Å². The second-order valence-corrected chi connectivity index (χ2v) is 4.41. The highest BCUT2D eigenvalue weighted by Crippen LogP contribution is 2.24. The zero-order valence-electron chi connectivity index (χ0n) is 10.4. The molecule has 1 unspecified atom stereocenters. The fraction of sp³-hybridized carbons (Fsp3) is 0.357. The van der Waals surface area contributed by atoms with Crippen LogP contribution in [0, 0.1) is 6.92 Å². The summed E-state index contributed by atoms with van der Waals surface area (Å²) in [5, 5.41) is 10.1. The molecule has 0 aliphatic carbocycles. The van der Waals surface area contributed by atoms with Crippen molar-refractivity contribution in [1.82, 2.24) is 4.57 Å². The molecule has 2 aromatic rings.